The van der Waals surface area contributed by atoms with E-state index in [0.717, 1.165) is 36.2 Å². The quantitative estimate of drug-likeness (QED) is 0.887. The monoisotopic (exact) mass is 356 g/mol. The second-order valence-corrected chi connectivity index (χ2v) is 7.01. The molecule has 6 heteroatoms. The first kappa shape index (κ1) is 15.5. The van der Waals surface area contributed by atoms with Crippen molar-refractivity contribution in [1.82, 2.24) is 14.7 Å². The Morgan fingerprint density at radius 2 is 2.33 bits per heavy atom. The van der Waals surface area contributed by atoms with Crippen molar-refractivity contribution >= 4 is 15.9 Å². The van der Waals surface area contributed by atoms with Gasteiger partial charge in [-0.2, -0.15) is 5.10 Å². The number of aromatic nitrogens is 2. The van der Waals surface area contributed by atoms with Crippen LogP contribution in [-0.2, 0) is 24.6 Å². The Bertz CT molecular complexity index is 504. The van der Waals surface area contributed by atoms with Crippen molar-refractivity contribution in [3.05, 3.63) is 15.9 Å². The van der Waals surface area contributed by atoms with Crippen LogP contribution in [0.1, 0.15) is 31.2 Å². The predicted molar refractivity (Wildman–Crippen MR) is 86.3 cm³/mol. The number of hydrogen-bond acceptors (Lipinski definition) is 4. The Balaban J connectivity index is 1.66. The molecule has 3 rings (SSSR count). The Morgan fingerprint density at radius 1 is 1.52 bits per heavy atom. The van der Waals surface area contributed by atoms with Gasteiger partial charge in [-0.05, 0) is 41.7 Å². The van der Waals surface area contributed by atoms with Gasteiger partial charge in [0, 0.05) is 32.1 Å². The van der Waals surface area contributed by atoms with Crippen LogP contribution >= 0.6 is 15.9 Å². The van der Waals surface area contributed by atoms with Gasteiger partial charge in [0.15, 0.2) is 0 Å². The first-order valence-corrected chi connectivity index (χ1v) is 8.71. The lowest BCUT2D eigenvalue weighted by molar-refractivity contribution is -0.0591. The van der Waals surface area contributed by atoms with E-state index in [9.17, 15) is 0 Å². The zero-order valence-electron chi connectivity index (χ0n) is 12.9. The number of rotatable bonds is 4. The largest absolute Gasteiger partial charge is 0.374 e. The van der Waals surface area contributed by atoms with Gasteiger partial charge in [-0.15, -0.1) is 0 Å². The van der Waals surface area contributed by atoms with Gasteiger partial charge in [-0.25, -0.2) is 0 Å². The van der Waals surface area contributed by atoms with Crippen molar-refractivity contribution in [2.24, 2.45) is 12.8 Å². The highest BCUT2D eigenvalue weighted by atomic mass is 79.9. The van der Waals surface area contributed by atoms with Crippen LogP contribution in [0.25, 0.3) is 0 Å². The van der Waals surface area contributed by atoms with Crippen LogP contribution in [0.4, 0.5) is 0 Å². The molecule has 21 heavy (non-hydrogen) atoms. The Kier molecular flexibility index (Phi) is 4.69. The van der Waals surface area contributed by atoms with Gasteiger partial charge in [0.05, 0.1) is 28.6 Å². The fraction of sp³-hybridized carbons (Fsp3) is 0.800. The SMILES string of the molecule is CCc1nn(C)c(CC(N)C2CN3CCCC3CO2)c1Br. The van der Waals surface area contributed by atoms with Crippen LogP contribution in [0, 0.1) is 0 Å². The molecular weight excluding hydrogens is 332 g/mol. The van der Waals surface area contributed by atoms with E-state index in [1.165, 1.54) is 25.1 Å². The lowest BCUT2D eigenvalue weighted by Crippen LogP contribution is -2.53. The lowest BCUT2D eigenvalue weighted by Gasteiger charge is -2.37. The molecule has 3 heterocycles. The van der Waals surface area contributed by atoms with E-state index >= 15 is 0 Å². The van der Waals surface area contributed by atoms with Crippen molar-refractivity contribution in [3.8, 4) is 0 Å². The maximum absolute atomic E-state index is 6.44. The van der Waals surface area contributed by atoms with Gasteiger partial charge >= 0.3 is 0 Å². The van der Waals surface area contributed by atoms with Crippen molar-refractivity contribution in [3.63, 3.8) is 0 Å². The van der Waals surface area contributed by atoms with E-state index in [4.69, 9.17) is 10.5 Å². The number of fused-ring (bicyclic) bond motifs is 1. The third-order valence-electron chi connectivity index (χ3n) is 4.83. The summed E-state index contributed by atoms with van der Waals surface area (Å²) in [5.41, 5.74) is 8.71. The van der Waals surface area contributed by atoms with Crippen LogP contribution < -0.4 is 5.73 Å². The molecule has 0 amide bonds. The molecule has 5 nitrogen and oxygen atoms in total. The maximum atomic E-state index is 6.44. The lowest BCUT2D eigenvalue weighted by atomic mass is 10.0. The number of nitrogens with two attached hydrogens (primary N) is 1. The van der Waals surface area contributed by atoms with Crippen molar-refractivity contribution in [2.45, 2.75) is 50.8 Å². The van der Waals surface area contributed by atoms with Crippen molar-refractivity contribution in [2.75, 3.05) is 19.7 Å². The molecule has 2 aliphatic rings. The summed E-state index contributed by atoms with van der Waals surface area (Å²) >= 11 is 3.67. The number of hydrogen-bond donors (Lipinski definition) is 1. The molecule has 0 saturated carbocycles. The topological polar surface area (TPSA) is 56.3 Å². The average Bonchev–Trinajstić information content (AvgIpc) is 3.05. The fourth-order valence-electron chi connectivity index (χ4n) is 3.50. The number of morpholine rings is 1. The minimum absolute atomic E-state index is 0.0166. The van der Waals surface area contributed by atoms with Gasteiger partial charge < -0.3 is 10.5 Å². The minimum Gasteiger partial charge on any atom is -0.374 e. The average molecular weight is 357 g/mol. The van der Waals surface area contributed by atoms with Crippen LogP contribution in [0.15, 0.2) is 4.47 Å². The highest BCUT2D eigenvalue weighted by Gasteiger charge is 2.35. The summed E-state index contributed by atoms with van der Waals surface area (Å²) in [6, 6.07) is 0.645. The molecule has 2 N–H and O–H groups in total. The molecule has 2 fully saturated rings. The molecule has 0 radical (unpaired) electrons. The smallest absolute Gasteiger partial charge is 0.0857 e. The molecule has 118 valence electrons. The second kappa shape index (κ2) is 6.36. The van der Waals surface area contributed by atoms with Crippen molar-refractivity contribution in [1.29, 1.82) is 0 Å². The molecule has 0 aromatic carbocycles. The Hall–Kier alpha value is -0.430. The molecule has 2 aliphatic heterocycles. The standard InChI is InChI=1S/C15H25BrN4O/c1-3-12-15(16)13(19(2)18-12)7-11(17)14-8-20-6-4-5-10(20)9-21-14/h10-11,14H,3-9,17H2,1-2H3. The molecule has 1 aromatic heterocycles. The summed E-state index contributed by atoms with van der Waals surface area (Å²) in [6.45, 7) is 5.13. The summed E-state index contributed by atoms with van der Waals surface area (Å²) in [6.07, 6.45) is 4.43. The predicted octanol–water partition coefficient (Wildman–Crippen LogP) is 1.48. The van der Waals surface area contributed by atoms with Crippen molar-refractivity contribution < 1.29 is 4.74 Å². The molecular formula is C15H25BrN4O. The molecule has 3 atom stereocenters. The molecule has 0 aliphatic carbocycles. The highest BCUT2D eigenvalue weighted by Crippen LogP contribution is 2.26. The van der Waals surface area contributed by atoms with E-state index in [0.29, 0.717) is 6.04 Å². The highest BCUT2D eigenvalue weighted by molar-refractivity contribution is 9.10. The third kappa shape index (κ3) is 3.04. The van der Waals surface area contributed by atoms with Gasteiger partial charge in [0.2, 0.25) is 0 Å². The van der Waals surface area contributed by atoms with Crippen LogP contribution in [-0.4, -0.2) is 52.6 Å². The normalized spacial score (nSPS) is 27.8. The zero-order valence-corrected chi connectivity index (χ0v) is 14.5. The third-order valence-corrected chi connectivity index (χ3v) is 5.74. The Labute approximate surface area is 134 Å². The van der Waals surface area contributed by atoms with E-state index in [1.54, 1.807) is 0 Å². The molecule has 0 bridgehead atoms. The first-order chi connectivity index (χ1) is 10.1. The fourth-order valence-corrected chi connectivity index (χ4v) is 4.28. The minimum atomic E-state index is 0.0166. The van der Waals surface area contributed by atoms with Crippen LogP contribution in [0.2, 0.25) is 0 Å². The molecule has 1 aromatic rings. The maximum Gasteiger partial charge on any atom is 0.0857 e. The summed E-state index contributed by atoms with van der Waals surface area (Å²) in [7, 11) is 1.99. The van der Waals surface area contributed by atoms with Gasteiger partial charge in [-0.3, -0.25) is 9.58 Å². The number of nitrogens with zero attached hydrogens (tertiary/aromatic N) is 3. The summed E-state index contributed by atoms with van der Waals surface area (Å²) in [5.74, 6) is 0. The van der Waals surface area contributed by atoms with E-state index in [1.807, 2.05) is 11.7 Å². The number of halogens is 1. The number of aryl methyl sites for hydroxylation is 2. The summed E-state index contributed by atoms with van der Waals surface area (Å²) in [4.78, 5) is 2.55. The van der Waals surface area contributed by atoms with Gasteiger partial charge in [-0.1, -0.05) is 6.92 Å². The van der Waals surface area contributed by atoms with Crippen LogP contribution in [0.5, 0.6) is 0 Å². The second-order valence-electron chi connectivity index (χ2n) is 6.22. The van der Waals surface area contributed by atoms with Crippen LogP contribution in [0.3, 0.4) is 0 Å². The molecule has 0 spiro atoms. The molecule has 2 saturated heterocycles. The van der Waals surface area contributed by atoms with E-state index in [2.05, 4.69) is 32.9 Å². The summed E-state index contributed by atoms with van der Waals surface area (Å²) in [5, 5.41) is 4.54. The van der Waals surface area contributed by atoms with E-state index < -0.39 is 0 Å². The molecule has 3 unspecified atom stereocenters. The summed E-state index contributed by atoms with van der Waals surface area (Å²) < 4.78 is 9.08. The number of ether oxygens (including phenoxy) is 1. The zero-order chi connectivity index (χ0) is 15.0. The first-order valence-electron chi connectivity index (χ1n) is 7.91. The van der Waals surface area contributed by atoms with Gasteiger partial charge in [0.1, 0.15) is 0 Å². The van der Waals surface area contributed by atoms with E-state index in [-0.39, 0.29) is 12.1 Å². The van der Waals surface area contributed by atoms with Gasteiger partial charge in [0.25, 0.3) is 0 Å². The Morgan fingerprint density at radius 3 is 3.05 bits per heavy atom.